The molecule has 0 spiro atoms. The SMILES string of the molecule is CCC(C)n1cc(C(=O)NC2CCOC2)c2cnc(Nc3ccnc(C(C=NS(=O)(=O)C4CC4)=CN)n3)cc21. The number of ether oxygens (including phenoxy) is 1. The highest BCUT2D eigenvalue weighted by atomic mass is 32.2. The molecular formula is C26H32N8O4S. The van der Waals surface area contributed by atoms with Crippen LogP contribution in [0.1, 0.15) is 61.8 Å². The number of nitrogens with two attached hydrogens (primary N) is 1. The van der Waals surface area contributed by atoms with E-state index in [0.717, 1.165) is 23.7 Å². The van der Waals surface area contributed by atoms with Gasteiger partial charge in [0.2, 0.25) is 0 Å². The molecule has 2 unspecified atom stereocenters. The first-order valence-electron chi connectivity index (χ1n) is 13.0. The summed E-state index contributed by atoms with van der Waals surface area (Å²) in [6.07, 6.45) is 10.4. The summed E-state index contributed by atoms with van der Waals surface area (Å²) in [4.78, 5) is 26.3. The number of allylic oxidation sites excluding steroid dienone is 1. The summed E-state index contributed by atoms with van der Waals surface area (Å²) in [6.45, 7) is 5.36. The van der Waals surface area contributed by atoms with E-state index in [1.807, 2.05) is 12.3 Å². The fourth-order valence-corrected chi connectivity index (χ4v) is 5.49. The molecule has 3 aromatic rings. The zero-order chi connectivity index (χ0) is 27.6. The Morgan fingerprint density at radius 1 is 1.31 bits per heavy atom. The number of carbonyl (C=O) groups excluding carboxylic acids is 1. The van der Waals surface area contributed by atoms with Crippen molar-refractivity contribution in [2.45, 2.75) is 56.9 Å². The molecule has 1 aliphatic carbocycles. The van der Waals surface area contributed by atoms with Crippen LogP contribution in [0, 0.1) is 0 Å². The van der Waals surface area contributed by atoms with Gasteiger partial charge in [0.1, 0.15) is 11.6 Å². The van der Waals surface area contributed by atoms with Gasteiger partial charge in [0.05, 0.1) is 40.8 Å². The van der Waals surface area contributed by atoms with Gasteiger partial charge in [-0.15, -0.1) is 0 Å². The second kappa shape index (κ2) is 11.1. The number of anilines is 2. The molecule has 1 aliphatic heterocycles. The molecule has 2 atom stereocenters. The van der Waals surface area contributed by atoms with Crippen LogP contribution >= 0.6 is 0 Å². The largest absolute Gasteiger partial charge is 0.404 e. The van der Waals surface area contributed by atoms with Crippen molar-refractivity contribution in [2.75, 3.05) is 18.5 Å². The molecule has 1 amide bonds. The first kappa shape index (κ1) is 26.8. The molecule has 13 heteroatoms. The minimum atomic E-state index is -3.55. The summed E-state index contributed by atoms with van der Waals surface area (Å²) >= 11 is 0. The fraction of sp³-hybridized carbons (Fsp3) is 0.423. The van der Waals surface area contributed by atoms with Crippen LogP contribution in [0.2, 0.25) is 0 Å². The third kappa shape index (κ3) is 5.93. The smallest absolute Gasteiger partial charge is 0.255 e. The minimum Gasteiger partial charge on any atom is -0.404 e. The lowest BCUT2D eigenvalue weighted by molar-refractivity contribution is 0.0931. The Labute approximate surface area is 226 Å². The van der Waals surface area contributed by atoms with Crippen LogP contribution in [0.3, 0.4) is 0 Å². The predicted molar refractivity (Wildman–Crippen MR) is 149 cm³/mol. The van der Waals surface area contributed by atoms with E-state index in [1.165, 1.54) is 18.6 Å². The maximum Gasteiger partial charge on any atom is 0.255 e. The number of hydrogen-bond acceptors (Lipinski definition) is 9. The molecule has 2 aliphatic rings. The topological polar surface area (TPSA) is 166 Å². The molecule has 2 fully saturated rings. The first-order valence-corrected chi connectivity index (χ1v) is 14.5. The number of aromatic nitrogens is 4. The predicted octanol–water partition coefficient (Wildman–Crippen LogP) is 2.92. The minimum absolute atomic E-state index is 0.00618. The van der Waals surface area contributed by atoms with Crippen LogP contribution in [-0.2, 0) is 14.8 Å². The first-order chi connectivity index (χ1) is 18.8. The van der Waals surface area contributed by atoms with E-state index in [0.29, 0.717) is 43.3 Å². The quantitative estimate of drug-likeness (QED) is 0.320. The van der Waals surface area contributed by atoms with Crippen LogP contribution in [-0.4, -0.2) is 64.6 Å². The van der Waals surface area contributed by atoms with E-state index in [9.17, 15) is 13.2 Å². The molecule has 5 rings (SSSR count). The van der Waals surface area contributed by atoms with Gasteiger partial charge in [0.25, 0.3) is 15.9 Å². The lowest BCUT2D eigenvalue weighted by Crippen LogP contribution is -2.34. The Balaban J connectivity index is 1.40. The van der Waals surface area contributed by atoms with E-state index in [4.69, 9.17) is 10.5 Å². The van der Waals surface area contributed by atoms with Crippen molar-refractivity contribution in [2.24, 2.45) is 10.1 Å². The van der Waals surface area contributed by atoms with Crippen molar-refractivity contribution in [1.29, 1.82) is 0 Å². The molecule has 0 radical (unpaired) electrons. The highest BCUT2D eigenvalue weighted by Gasteiger charge is 2.35. The molecule has 12 nitrogen and oxygen atoms in total. The lowest BCUT2D eigenvalue weighted by Gasteiger charge is -2.13. The fourth-order valence-electron chi connectivity index (χ4n) is 4.32. The molecule has 206 valence electrons. The molecule has 0 bridgehead atoms. The maximum absolute atomic E-state index is 13.1. The zero-order valence-corrected chi connectivity index (χ0v) is 22.7. The second-order valence-corrected chi connectivity index (χ2v) is 11.7. The molecule has 1 saturated carbocycles. The van der Waals surface area contributed by atoms with Gasteiger partial charge >= 0.3 is 0 Å². The third-order valence-corrected chi connectivity index (χ3v) is 8.64. The number of amides is 1. The number of rotatable bonds is 10. The Bertz CT molecular complexity index is 1540. The Hall–Kier alpha value is -3.84. The number of nitrogens with zero attached hydrogens (tertiary/aromatic N) is 5. The summed E-state index contributed by atoms with van der Waals surface area (Å²) in [5, 5.41) is 6.57. The van der Waals surface area contributed by atoms with Crippen LogP contribution in [0.15, 0.2) is 41.3 Å². The summed E-state index contributed by atoms with van der Waals surface area (Å²) < 4.78 is 35.5. The average molecular weight is 553 g/mol. The van der Waals surface area contributed by atoms with Gasteiger partial charge in [-0.1, -0.05) is 6.92 Å². The molecule has 3 aromatic heterocycles. The van der Waals surface area contributed by atoms with E-state index < -0.39 is 15.3 Å². The van der Waals surface area contributed by atoms with Crippen LogP contribution in [0.5, 0.6) is 0 Å². The van der Waals surface area contributed by atoms with Crippen molar-refractivity contribution in [3.63, 3.8) is 0 Å². The Morgan fingerprint density at radius 3 is 2.82 bits per heavy atom. The number of carbonyl (C=O) groups is 1. The van der Waals surface area contributed by atoms with Crippen molar-refractivity contribution in [3.05, 3.63) is 48.3 Å². The van der Waals surface area contributed by atoms with Crippen LogP contribution in [0.4, 0.5) is 11.6 Å². The number of nitrogens with one attached hydrogen (secondary N) is 2. The summed E-state index contributed by atoms with van der Waals surface area (Å²) in [7, 11) is -3.55. The number of fused-ring (bicyclic) bond motifs is 1. The molecule has 1 saturated heterocycles. The van der Waals surface area contributed by atoms with Crippen molar-refractivity contribution in [1.82, 2.24) is 24.8 Å². The Kier molecular flexibility index (Phi) is 7.62. The molecule has 4 N–H and O–H groups in total. The van der Waals surface area contributed by atoms with Gasteiger partial charge in [-0.3, -0.25) is 4.79 Å². The van der Waals surface area contributed by atoms with Gasteiger partial charge in [-0.25, -0.2) is 23.4 Å². The van der Waals surface area contributed by atoms with Gasteiger partial charge in [-0.2, -0.15) is 4.40 Å². The lowest BCUT2D eigenvalue weighted by atomic mass is 10.2. The van der Waals surface area contributed by atoms with Crippen LogP contribution in [0.25, 0.3) is 16.5 Å². The molecule has 0 aromatic carbocycles. The van der Waals surface area contributed by atoms with Crippen LogP contribution < -0.4 is 16.4 Å². The molecule has 39 heavy (non-hydrogen) atoms. The number of hydrogen-bond donors (Lipinski definition) is 3. The van der Waals surface area contributed by atoms with E-state index in [1.54, 1.807) is 12.3 Å². The van der Waals surface area contributed by atoms with Gasteiger partial charge < -0.3 is 25.7 Å². The van der Waals surface area contributed by atoms with Gasteiger partial charge in [0, 0.05) is 48.9 Å². The van der Waals surface area contributed by atoms with Gasteiger partial charge in [0.15, 0.2) is 5.82 Å². The van der Waals surface area contributed by atoms with E-state index in [-0.39, 0.29) is 29.4 Å². The van der Waals surface area contributed by atoms with Crippen molar-refractivity contribution in [3.8, 4) is 0 Å². The van der Waals surface area contributed by atoms with E-state index in [2.05, 4.69) is 48.4 Å². The van der Waals surface area contributed by atoms with Crippen molar-refractivity contribution >= 4 is 50.3 Å². The second-order valence-electron chi connectivity index (χ2n) is 9.79. The average Bonchev–Trinajstić information content (AvgIpc) is 3.56. The highest BCUT2D eigenvalue weighted by Crippen LogP contribution is 2.30. The maximum atomic E-state index is 13.1. The van der Waals surface area contributed by atoms with Gasteiger partial charge in [-0.05, 0) is 38.7 Å². The number of sulfonamides is 1. The third-order valence-electron chi connectivity index (χ3n) is 6.93. The monoisotopic (exact) mass is 552 g/mol. The summed E-state index contributed by atoms with van der Waals surface area (Å²) in [5.41, 5.74) is 7.43. The zero-order valence-electron chi connectivity index (χ0n) is 21.9. The van der Waals surface area contributed by atoms with E-state index >= 15 is 0 Å². The normalized spacial score (nSPS) is 19.0. The highest BCUT2D eigenvalue weighted by molar-refractivity contribution is 7.91. The summed E-state index contributed by atoms with van der Waals surface area (Å²) in [6, 6.07) is 3.71. The Morgan fingerprint density at radius 2 is 2.13 bits per heavy atom. The molecule has 4 heterocycles. The summed E-state index contributed by atoms with van der Waals surface area (Å²) in [5.74, 6) is 1.03. The standard InChI is InChI=1S/C26H32N8O4S/c1-3-16(2)34-14-21(26(35)31-18-7-9-38-15-18)20-13-29-24(10-22(20)34)32-23-6-8-28-25(33-23)17(11-27)12-30-39(36,37)19-4-5-19/h6,8,10-14,16,18-19H,3-5,7,9,15,27H2,1-2H3,(H,31,35)(H,28,29,32,33). The molecular weight excluding hydrogens is 520 g/mol. The van der Waals surface area contributed by atoms with Crippen molar-refractivity contribution < 1.29 is 17.9 Å². The number of pyridine rings is 1.